The van der Waals surface area contributed by atoms with Crippen molar-refractivity contribution in [3.05, 3.63) is 108 Å². The summed E-state index contributed by atoms with van der Waals surface area (Å²) in [4.78, 5) is 0.206. The smallest absolute Gasteiger partial charge is 0.240 e. The van der Waals surface area contributed by atoms with Crippen molar-refractivity contribution < 1.29 is 27.4 Å². The van der Waals surface area contributed by atoms with Crippen LogP contribution in [0.1, 0.15) is 23.1 Å². The third kappa shape index (κ3) is 6.58. The quantitative estimate of drug-likeness (QED) is 0.372. The van der Waals surface area contributed by atoms with E-state index in [9.17, 15) is 8.42 Å². The lowest BCUT2D eigenvalue weighted by molar-refractivity contribution is -0.100. The van der Waals surface area contributed by atoms with Crippen LogP contribution in [-0.2, 0) is 42.2 Å². The second kappa shape index (κ2) is 12.3. The largest absolute Gasteiger partial charge is 0.374 e. The summed E-state index contributed by atoms with van der Waals surface area (Å²) < 4.78 is 53.2. The molecule has 3 aromatic rings. The molecule has 3 aromatic carbocycles. The minimum atomic E-state index is -3.66. The van der Waals surface area contributed by atoms with Gasteiger partial charge in [0, 0.05) is 13.0 Å². The molecule has 0 amide bonds. The van der Waals surface area contributed by atoms with E-state index in [1.165, 1.54) is 0 Å². The Bertz CT molecular complexity index is 1280. The van der Waals surface area contributed by atoms with Gasteiger partial charge >= 0.3 is 0 Å². The van der Waals surface area contributed by atoms with Crippen molar-refractivity contribution in [2.24, 2.45) is 0 Å². The van der Waals surface area contributed by atoms with E-state index in [0.29, 0.717) is 26.2 Å². The normalized spacial score (nSPS) is 24.8. The van der Waals surface area contributed by atoms with Gasteiger partial charge in [-0.25, -0.2) is 13.1 Å². The van der Waals surface area contributed by atoms with Gasteiger partial charge in [0.25, 0.3) is 0 Å². The van der Waals surface area contributed by atoms with Gasteiger partial charge in [0.15, 0.2) is 0 Å². The highest BCUT2D eigenvalue weighted by Crippen LogP contribution is 2.36. The Hall–Kier alpha value is -2.85. The predicted molar refractivity (Wildman–Crippen MR) is 145 cm³/mol. The minimum absolute atomic E-state index is 0.155. The van der Waals surface area contributed by atoms with Gasteiger partial charge in [-0.15, -0.1) is 0 Å². The van der Waals surface area contributed by atoms with Crippen LogP contribution in [0.25, 0.3) is 6.08 Å². The summed E-state index contributed by atoms with van der Waals surface area (Å²) in [5, 5.41) is 0. The minimum Gasteiger partial charge on any atom is -0.374 e. The van der Waals surface area contributed by atoms with E-state index in [4.69, 9.17) is 18.9 Å². The van der Waals surface area contributed by atoms with Crippen LogP contribution in [0, 0.1) is 0 Å². The fraction of sp³-hybridized carbons (Fsp3) is 0.333. The van der Waals surface area contributed by atoms with E-state index in [2.05, 4.69) is 11.3 Å². The molecule has 1 N–H and O–H groups in total. The van der Waals surface area contributed by atoms with E-state index in [-0.39, 0.29) is 42.0 Å². The van der Waals surface area contributed by atoms with Gasteiger partial charge in [-0.05, 0) is 28.8 Å². The van der Waals surface area contributed by atoms with Gasteiger partial charge in [-0.1, -0.05) is 85.5 Å². The van der Waals surface area contributed by atoms with Crippen molar-refractivity contribution in [1.82, 2.24) is 4.72 Å². The average Bonchev–Trinajstić information content (AvgIpc) is 3.49. The van der Waals surface area contributed by atoms with Crippen LogP contribution in [0.15, 0.2) is 96.4 Å². The molecule has 200 valence electrons. The molecule has 0 aliphatic carbocycles. The Morgan fingerprint density at radius 1 is 0.895 bits per heavy atom. The average molecular weight is 536 g/mol. The second-order valence-electron chi connectivity index (χ2n) is 9.56. The van der Waals surface area contributed by atoms with Crippen LogP contribution >= 0.6 is 0 Å². The molecule has 5 rings (SSSR count). The maximum Gasteiger partial charge on any atom is 0.240 e. The zero-order chi connectivity index (χ0) is 26.4. The number of benzene rings is 3. The molecular formula is C30H33NO6S. The highest BCUT2D eigenvalue weighted by atomic mass is 32.2. The zero-order valence-corrected chi connectivity index (χ0v) is 22.0. The maximum atomic E-state index is 12.8. The first-order valence-corrected chi connectivity index (χ1v) is 14.3. The van der Waals surface area contributed by atoms with Crippen molar-refractivity contribution in [1.29, 1.82) is 0 Å². The summed E-state index contributed by atoms with van der Waals surface area (Å²) in [6, 6.07) is 26.5. The monoisotopic (exact) mass is 535 g/mol. The van der Waals surface area contributed by atoms with Crippen LogP contribution < -0.4 is 4.72 Å². The fourth-order valence-corrected chi connectivity index (χ4v) is 5.93. The first-order valence-electron chi connectivity index (χ1n) is 12.8. The molecule has 2 aliphatic heterocycles. The molecule has 5 atom stereocenters. The first kappa shape index (κ1) is 26.7. The molecule has 0 unspecified atom stereocenters. The molecule has 2 heterocycles. The summed E-state index contributed by atoms with van der Waals surface area (Å²) in [7, 11) is -3.66. The SMILES string of the molecule is C=Cc1ccc(S(=O)(=O)NC[C@H]2C[C@@H]3O[C@H](COCc4ccccc4)[C@@H](OCc4ccccc4)[C@@H]3O2)cc1. The van der Waals surface area contributed by atoms with Crippen LogP contribution in [0.2, 0.25) is 0 Å². The van der Waals surface area contributed by atoms with Crippen LogP contribution in [0.5, 0.6) is 0 Å². The van der Waals surface area contributed by atoms with Gasteiger partial charge in [-0.3, -0.25) is 0 Å². The second-order valence-corrected chi connectivity index (χ2v) is 11.3. The van der Waals surface area contributed by atoms with Crippen LogP contribution in [0.3, 0.4) is 0 Å². The van der Waals surface area contributed by atoms with Crippen molar-refractivity contribution in [3.63, 3.8) is 0 Å². The van der Waals surface area contributed by atoms with Crippen molar-refractivity contribution in [2.45, 2.75) is 55.0 Å². The van der Waals surface area contributed by atoms with Gasteiger partial charge in [-0.2, -0.15) is 0 Å². The molecule has 2 aliphatic rings. The summed E-state index contributed by atoms with van der Waals surface area (Å²) in [5.41, 5.74) is 3.01. The number of fused-ring (bicyclic) bond motifs is 1. The van der Waals surface area contributed by atoms with E-state index in [1.54, 1.807) is 30.3 Å². The van der Waals surface area contributed by atoms with E-state index < -0.39 is 10.0 Å². The molecule has 0 aromatic heterocycles. The van der Waals surface area contributed by atoms with Gasteiger partial charge < -0.3 is 18.9 Å². The van der Waals surface area contributed by atoms with E-state index in [0.717, 1.165) is 16.7 Å². The number of ether oxygens (including phenoxy) is 4. The summed E-state index contributed by atoms with van der Waals surface area (Å²) in [6.45, 7) is 5.14. The van der Waals surface area contributed by atoms with Crippen LogP contribution in [-0.4, -0.2) is 52.1 Å². The van der Waals surface area contributed by atoms with Crippen LogP contribution in [0.4, 0.5) is 0 Å². The highest BCUT2D eigenvalue weighted by molar-refractivity contribution is 7.89. The number of nitrogens with one attached hydrogen (secondary N) is 1. The third-order valence-corrected chi connectivity index (χ3v) is 8.30. The molecule has 8 heteroatoms. The van der Waals surface area contributed by atoms with Crippen molar-refractivity contribution in [3.8, 4) is 0 Å². The predicted octanol–water partition coefficient (Wildman–Crippen LogP) is 4.34. The lowest BCUT2D eigenvalue weighted by atomic mass is 10.1. The Labute approximate surface area is 224 Å². The van der Waals surface area contributed by atoms with E-state index in [1.807, 2.05) is 60.7 Å². The molecule has 38 heavy (non-hydrogen) atoms. The summed E-state index contributed by atoms with van der Waals surface area (Å²) in [6.07, 6.45) is 0.824. The molecule has 0 bridgehead atoms. The number of hydrogen-bond donors (Lipinski definition) is 1. The van der Waals surface area contributed by atoms with Gasteiger partial charge in [0.2, 0.25) is 10.0 Å². The Kier molecular flexibility index (Phi) is 8.68. The molecular weight excluding hydrogens is 502 g/mol. The zero-order valence-electron chi connectivity index (χ0n) is 21.1. The third-order valence-electron chi connectivity index (χ3n) is 6.86. The molecule has 2 fully saturated rings. The fourth-order valence-electron chi connectivity index (χ4n) is 4.86. The number of hydrogen-bond acceptors (Lipinski definition) is 6. The molecule has 0 saturated carbocycles. The van der Waals surface area contributed by atoms with Gasteiger partial charge in [0.05, 0.1) is 36.9 Å². The lowest BCUT2D eigenvalue weighted by Gasteiger charge is -2.24. The van der Waals surface area contributed by atoms with Crippen molar-refractivity contribution in [2.75, 3.05) is 13.2 Å². The standard InChI is InChI=1S/C30H33NO6S/c1-2-22-13-15-26(16-14-22)38(32,33)31-18-25-17-27-30(36-25)29(35-20-24-11-7-4-8-12-24)28(37-27)21-34-19-23-9-5-3-6-10-23/h2-16,25,27-31H,1,17-21H2/t25-,27+,28-,29-,30-/m1/s1. The maximum absolute atomic E-state index is 12.8. The number of rotatable bonds is 12. The topological polar surface area (TPSA) is 83.1 Å². The molecule has 0 radical (unpaired) electrons. The van der Waals surface area contributed by atoms with Crippen molar-refractivity contribution >= 4 is 16.1 Å². The Morgan fingerprint density at radius 2 is 1.55 bits per heavy atom. The summed E-state index contributed by atoms with van der Waals surface area (Å²) >= 11 is 0. The lowest BCUT2D eigenvalue weighted by Crippen LogP contribution is -2.39. The number of sulfonamides is 1. The molecule has 2 saturated heterocycles. The highest BCUT2D eigenvalue weighted by Gasteiger charge is 2.51. The first-order chi connectivity index (χ1) is 18.5. The van der Waals surface area contributed by atoms with E-state index >= 15 is 0 Å². The molecule has 0 spiro atoms. The summed E-state index contributed by atoms with van der Waals surface area (Å²) in [5.74, 6) is 0. The molecule has 7 nitrogen and oxygen atoms in total. The van der Waals surface area contributed by atoms with Gasteiger partial charge in [0.1, 0.15) is 18.3 Å². The Morgan fingerprint density at radius 3 is 2.21 bits per heavy atom. The Balaban J connectivity index is 1.19.